The molecule has 8 heteroatoms. The van der Waals surface area contributed by atoms with Gasteiger partial charge in [0, 0.05) is 23.2 Å². The van der Waals surface area contributed by atoms with Gasteiger partial charge in [-0.2, -0.15) is 0 Å². The molecular formula is C17H20Cl2N4OS. The Balaban J connectivity index is 2.33. The van der Waals surface area contributed by atoms with E-state index in [2.05, 4.69) is 22.1 Å². The smallest absolute Gasteiger partial charge is 0.233 e. The quantitative estimate of drug-likeness (QED) is 0.552. The van der Waals surface area contributed by atoms with Crippen molar-refractivity contribution >= 4 is 40.9 Å². The Hall–Kier alpha value is -1.50. The van der Waals surface area contributed by atoms with Crippen LogP contribution in [-0.4, -0.2) is 32.0 Å². The highest BCUT2D eigenvalue weighted by atomic mass is 35.5. The van der Waals surface area contributed by atoms with Crippen LogP contribution in [0.5, 0.6) is 0 Å². The van der Waals surface area contributed by atoms with Crippen LogP contribution in [0.4, 0.5) is 0 Å². The van der Waals surface area contributed by atoms with Gasteiger partial charge in [0.15, 0.2) is 11.0 Å². The standard InChI is InChI=1S/C17H20Cl2N4OS/c1-5-8-23-15(13-7-6-12(18)9-14(13)19)21-22-17(23)25-11(4)16(24)20-10(2)3/h5-7,9-11H,1,8H2,2-4H3,(H,20,24)/t11-/m0/s1. The lowest BCUT2D eigenvalue weighted by molar-refractivity contribution is -0.120. The van der Waals surface area contributed by atoms with Gasteiger partial charge in [-0.05, 0) is 39.0 Å². The number of nitrogens with zero attached hydrogens (tertiary/aromatic N) is 3. The molecule has 2 rings (SSSR count). The molecule has 134 valence electrons. The monoisotopic (exact) mass is 398 g/mol. The highest BCUT2D eigenvalue weighted by Crippen LogP contribution is 2.32. The van der Waals surface area contributed by atoms with E-state index in [1.807, 2.05) is 25.3 Å². The molecule has 1 aromatic carbocycles. The van der Waals surface area contributed by atoms with Gasteiger partial charge in [0.05, 0.1) is 10.3 Å². The Labute approximate surface area is 161 Å². The zero-order chi connectivity index (χ0) is 18.6. The number of carbonyl (C=O) groups excluding carboxylic acids is 1. The summed E-state index contributed by atoms with van der Waals surface area (Å²) in [5.74, 6) is 0.569. The third kappa shape index (κ3) is 5.00. The summed E-state index contributed by atoms with van der Waals surface area (Å²) < 4.78 is 1.88. The Bertz CT molecular complexity index is 776. The van der Waals surface area contributed by atoms with E-state index < -0.39 is 0 Å². The van der Waals surface area contributed by atoms with E-state index in [0.29, 0.717) is 27.6 Å². The molecule has 25 heavy (non-hydrogen) atoms. The molecule has 5 nitrogen and oxygen atoms in total. The molecule has 0 saturated heterocycles. The minimum absolute atomic E-state index is 0.0424. The molecule has 0 unspecified atom stereocenters. The molecule has 1 heterocycles. The predicted octanol–water partition coefficient (Wildman–Crippen LogP) is 4.44. The maximum Gasteiger partial charge on any atom is 0.233 e. The van der Waals surface area contributed by atoms with Crippen molar-refractivity contribution in [2.75, 3.05) is 0 Å². The van der Waals surface area contributed by atoms with Gasteiger partial charge in [-0.25, -0.2) is 0 Å². The van der Waals surface area contributed by atoms with Crippen LogP contribution in [0.25, 0.3) is 11.4 Å². The van der Waals surface area contributed by atoms with Crippen LogP contribution in [0.1, 0.15) is 20.8 Å². The Kier molecular flexibility index (Phi) is 6.93. The molecule has 2 aromatic rings. The van der Waals surface area contributed by atoms with Gasteiger partial charge in [-0.3, -0.25) is 9.36 Å². The van der Waals surface area contributed by atoms with Gasteiger partial charge in [0.2, 0.25) is 5.91 Å². The summed E-state index contributed by atoms with van der Waals surface area (Å²) in [6.07, 6.45) is 1.75. The van der Waals surface area contributed by atoms with Crippen LogP contribution in [0, 0.1) is 0 Å². The SMILES string of the molecule is C=CCn1c(S[C@@H](C)C(=O)NC(C)C)nnc1-c1ccc(Cl)cc1Cl. The zero-order valence-corrected chi connectivity index (χ0v) is 16.6. The van der Waals surface area contributed by atoms with Crippen molar-refractivity contribution in [3.63, 3.8) is 0 Å². The first-order chi connectivity index (χ1) is 11.8. The maximum atomic E-state index is 12.2. The largest absolute Gasteiger partial charge is 0.353 e. The van der Waals surface area contributed by atoms with E-state index in [0.717, 1.165) is 5.56 Å². The van der Waals surface area contributed by atoms with Crippen LogP contribution in [-0.2, 0) is 11.3 Å². The topological polar surface area (TPSA) is 59.8 Å². The number of halogens is 2. The average Bonchev–Trinajstić information content (AvgIpc) is 2.90. The minimum Gasteiger partial charge on any atom is -0.353 e. The van der Waals surface area contributed by atoms with E-state index in [9.17, 15) is 4.79 Å². The fourth-order valence-corrected chi connectivity index (χ4v) is 3.51. The molecular weight excluding hydrogens is 379 g/mol. The number of carbonyl (C=O) groups is 1. The lowest BCUT2D eigenvalue weighted by atomic mass is 10.2. The molecule has 1 N–H and O–H groups in total. The molecule has 1 atom stereocenters. The second kappa shape index (κ2) is 8.74. The summed E-state index contributed by atoms with van der Waals surface area (Å²) in [4.78, 5) is 12.2. The van der Waals surface area contributed by atoms with Crippen molar-refractivity contribution in [3.8, 4) is 11.4 Å². The first-order valence-corrected chi connectivity index (χ1v) is 9.43. The van der Waals surface area contributed by atoms with E-state index >= 15 is 0 Å². The van der Waals surface area contributed by atoms with E-state index in [1.165, 1.54) is 11.8 Å². The highest BCUT2D eigenvalue weighted by Gasteiger charge is 2.21. The van der Waals surface area contributed by atoms with Gasteiger partial charge >= 0.3 is 0 Å². The van der Waals surface area contributed by atoms with Gasteiger partial charge in [-0.15, -0.1) is 16.8 Å². The lowest BCUT2D eigenvalue weighted by Crippen LogP contribution is -2.36. The van der Waals surface area contributed by atoms with Crippen molar-refractivity contribution in [1.29, 1.82) is 0 Å². The average molecular weight is 399 g/mol. The molecule has 1 aromatic heterocycles. The summed E-state index contributed by atoms with van der Waals surface area (Å²) in [5, 5.41) is 12.8. The number of thioether (sulfide) groups is 1. The first kappa shape index (κ1) is 19.8. The van der Waals surface area contributed by atoms with Crippen molar-refractivity contribution in [2.24, 2.45) is 0 Å². The molecule has 0 bridgehead atoms. The van der Waals surface area contributed by atoms with Gasteiger partial charge < -0.3 is 5.32 Å². The van der Waals surface area contributed by atoms with Crippen molar-refractivity contribution in [1.82, 2.24) is 20.1 Å². The molecule has 0 aliphatic carbocycles. The maximum absolute atomic E-state index is 12.2. The Morgan fingerprint density at radius 2 is 2.08 bits per heavy atom. The summed E-state index contributed by atoms with van der Waals surface area (Å²) in [6.45, 7) is 9.98. The van der Waals surface area contributed by atoms with E-state index in [-0.39, 0.29) is 17.2 Å². The number of hydrogen-bond donors (Lipinski definition) is 1. The molecule has 0 saturated carbocycles. The van der Waals surface area contributed by atoms with Crippen molar-refractivity contribution in [2.45, 2.75) is 43.8 Å². The van der Waals surface area contributed by atoms with Gasteiger partial charge in [-0.1, -0.05) is 41.0 Å². The molecule has 0 aliphatic rings. The second-order valence-corrected chi connectivity index (χ2v) is 7.90. The van der Waals surface area contributed by atoms with Crippen LogP contribution >= 0.6 is 35.0 Å². The van der Waals surface area contributed by atoms with Crippen molar-refractivity contribution < 1.29 is 4.79 Å². The fourth-order valence-electron chi connectivity index (χ4n) is 2.15. The Morgan fingerprint density at radius 1 is 1.36 bits per heavy atom. The second-order valence-electron chi connectivity index (χ2n) is 5.75. The highest BCUT2D eigenvalue weighted by molar-refractivity contribution is 8.00. The van der Waals surface area contributed by atoms with Crippen LogP contribution in [0.2, 0.25) is 10.0 Å². The molecule has 0 fully saturated rings. The third-order valence-corrected chi connectivity index (χ3v) is 4.91. The first-order valence-electron chi connectivity index (χ1n) is 7.80. The summed E-state index contributed by atoms with van der Waals surface area (Å²) in [7, 11) is 0. The number of aromatic nitrogens is 3. The van der Waals surface area contributed by atoms with Crippen molar-refractivity contribution in [3.05, 3.63) is 40.9 Å². The van der Waals surface area contributed by atoms with Crippen LogP contribution in [0.3, 0.4) is 0 Å². The third-order valence-electron chi connectivity index (χ3n) is 3.28. The molecule has 0 spiro atoms. The molecule has 0 aliphatic heterocycles. The Morgan fingerprint density at radius 3 is 2.68 bits per heavy atom. The minimum atomic E-state index is -0.302. The molecule has 0 radical (unpaired) electrons. The number of hydrogen-bond acceptors (Lipinski definition) is 4. The van der Waals surface area contributed by atoms with Gasteiger partial charge in [0.25, 0.3) is 0 Å². The fraction of sp³-hybridized carbons (Fsp3) is 0.353. The van der Waals surface area contributed by atoms with Crippen LogP contribution < -0.4 is 5.32 Å². The number of allylic oxidation sites excluding steroid dienone is 1. The number of rotatable bonds is 7. The van der Waals surface area contributed by atoms with E-state index in [4.69, 9.17) is 23.2 Å². The van der Waals surface area contributed by atoms with E-state index in [1.54, 1.807) is 24.3 Å². The number of amides is 1. The summed E-state index contributed by atoms with van der Waals surface area (Å²) in [6, 6.07) is 5.31. The number of nitrogens with one attached hydrogen (secondary N) is 1. The molecule has 1 amide bonds. The summed E-state index contributed by atoms with van der Waals surface area (Å²) in [5.41, 5.74) is 0.728. The zero-order valence-electron chi connectivity index (χ0n) is 14.3. The normalized spacial score (nSPS) is 12.2. The lowest BCUT2D eigenvalue weighted by Gasteiger charge is -2.14. The predicted molar refractivity (Wildman–Crippen MR) is 104 cm³/mol. The summed E-state index contributed by atoms with van der Waals surface area (Å²) >= 11 is 13.6. The van der Waals surface area contributed by atoms with Crippen LogP contribution in [0.15, 0.2) is 36.0 Å². The van der Waals surface area contributed by atoms with Gasteiger partial charge in [0.1, 0.15) is 0 Å². The number of benzene rings is 1.